The van der Waals surface area contributed by atoms with Crippen LogP contribution in [0.2, 0.25) is 0 Å². The van der Waals surface area contributed by atoms with Gasteiger partial charge in [-0.1, -0.05) is 0 Å². The molecule has 0 aliphatic carbocycles. The topological polar surface area (TPSA) is 57.4 Å². The number of methoxy groups -OCH3 is 1. The van der Waals surface area contributed by atoms with Gasteiger partial charge in [-0.25, -0.2) is 13.8 Å². The van der Waals surface area contributed by atoms with Crippen LogP contribution in [0.4, 0.5) is 22.0 Å². The average molecular weight is 272 g/mol. The molecule has 102 valence electrons. The van der Waals surface area contributed by atoms with E-state index < -0.39 is 36.7 Å². The zero-order valence-electron chi connectivity index (χ0n) is 9.09. The van der Waals surface area contributed by atoms with E-state index in [0.29, 0.717) is 6.07 Å². The van der Waals surface area contributed by atoms with Gasteiger partial charge in [0.2, 0.25) is 5.88 Å². The summed E-state index contributed by atoms with van der Waals surface area (Å²) in [5, 5.41) is 0. The number of rotatable bonds is 4. The molecule has 0 bridgehead atoms. The number of aromatic nitrogens is 1. The Bertz CT molecular complexity index is 422. The van der Waals surface area contributed by atoms with Crippen molar-refractivity contribution in [1.29, 1.82) is 0 Å². The lowest BCUT2D eigenvalue weighted by atomic mass is 10.2. The highest BCUT2D eigenvalue weighted by molar-refractivity contribution is 5.42. The summed E-state index contributed by atoms with van der Waals surface area (Å²) in [5.74, 6) is -1.26. The Morgan fingerprint density at radius 3 is 2.39 bits per heavy atom. The summed E-state index contributed by atoms with van der Waals surface area (Å²) < 4.78 is 69.5. The fourth-order valence-corrected chi connectivity index (χ4v) is 1.23. The Morgan fingerprint density at radius 1 is 1.39 bits per heavy atom. The highest BCUT2D eigenvalue weighted by Gasteiger charge is 2.33. The molecule has 0 aromatic carbocycles. The van der Waals surface area contributed by atoms with Crippen molar-refractivity contribution in [3.05, 3.63) is 17.3 Å². The quantitative estimate of drug-likeness (QED) is 0.855. The summed E-state index contributed by atoms with van der Waals surface area (Å²) >= 11 is 0. The molecule has 0 unspecified atom stereocenters. The maximum Gasteiger partial charge on any atom is 0.573 e. The van der Waals surface area contributed by atoms with Crippen LogP contribution >= 0.6 is 0 Å². The molecule has 0 atom stereocenters. The minimum absolute atomic E-state index is 0.237. The second-order valence-corrected chi connectivity index (χ2v) is 3.09. The van der Waals surface area contributed by atoms with Gasteiger partial charge in [-0.3, -0.25) is 0 Å². The molecule has 0 saturated heterocycles. The van der Waals surface area contributed by atoms with E-state index in [9.17, 15) is 22.0 Å². The van der Waals surface area contributed by atoms with Crippen LogP contribution in [0.25, 0.3) is 0 Å². The van der Waals surface area contributed by atoms with Gasteiger partial charge in [0.1, 0.15) is 11.4 Å². The Balaban J connectivity index is 3.31. The highest BCUT2D eigenvalue weighted by Crippen LogP contribution is 2.34. The molecule has 0 aliphatic heterocycles. The smallest absolute Gasteiger partial charge is 0.481 e. The van der Waals surface area contributed by atoms with Crippen LogP contribution in [-0.4, -0.2) is 18.5 Å². The maximum atomic E-state index is 12.4. The van der Waals surface area contributed by atoms with Crippen molar-refractivity contribution in [1.82, 2.24) is 4.98 Å². The third-order valence-corrected chi connectivity index (χ3v) is 1.91. The number of alkyl halides is 5. The summed E-state index contributed by atoms with van der Waals surface area (Å²) in [6.45, 7) is -0.398. The van der Waals surface area contributed by atoms with E-state index in [4.69, 9.17) is 5.73 Å². The molecular weight excluding hydrogens is 263 g/mol. The van der Waals surface area contributed by atoms with Crippen molar-refractivity contribution >= 4 is 0 Å². The van der Waals surface area contributed by atoms with Gasteiger partial charge in [0.25, 0.3) is 6.43 Å². The molecule has 0 fully saturated rings. The minimum atomic E-state index is -5.02. The zero-order valence-corrected chi connectivity index (χ0v) is 9.09. The van der Waals surface area contributed by atoms with E-state index in [2.05, 4.69) is 14.5 Å². The average Bonchev–Trinajstić information content (AvgIpc) is 2.25. The summed E-state index contributed by atoms with van der Waals surface area (Å²) in [7, 11) is 1.08. The first kappa shape index (κ1) is 14.4. The summed E-state index contributed by atoms with van der Waals surface area (Å²) in [5.41, 5.74) is 4.09. The van der Waals surface area contributed by atoms with Crippen LogP contribution in [-0.2, 0) is 6.54 Å². The Labute approximate surface area is 98.5 Å². The van der Waals surface area contributed by atoms with Gasteiger partial charge in [-0.05, 0) is 0 Å². The summed E-state index contributed by atoms with van der Waals surface area (Å²) in [4.78, 5) is 3.35. The molecule has 18 heavy (non-hydrogen) atoms. The van der Waals surface area contributed by atoms with Crippen molar-refractivity contribution in [2.24, 2.45) is 5.73 Å². The van der Waals surface area contributed by atoms with Gasteiger partial charge in [-0.2, -0.15) is 0 Å². The van der Waals surface area contributed by atoms with Gasteiger partial charge in [-0.15, -0.1) is 13.2 Å². The molecule has 0 radical (unpaired) electrons. The largest absolute Gasteiger partial charge is 0.573 e. The normalized spacial score (nSPS) is 11.8. The van der Waals surface area contributed by atoms with E-state index in [1.165, 1.54) is 0 Å². The Morgan fingerprint density at radius 2 is 2.00 bits per heavy atom. The molecule has 0 saturated carbocycles. The molecule has 1 aromatic heterocycles. The number of halogens is 5. The van der Waals surface area contributed by atoms with Crippen LogP contribution in [0.5, 0.6) is 11.6 Å². The number of nitrogens with zero attached hydrogens (tertiary/aromatic N) is 1. The standard InChI is InChI=1S/C9H9F5N2O2/c1-17-8-4(3-15)6(18-9(12,13)14)2-5(16-8)7(10)11/h2,7H,3,15H2,1H3. The molecule has 2 N–H and O–H groups in total. The van der Waals surface area contributed by atoms with Crippen molar-refractivity contribution in [3.63, 3.8) is 0 Å². The maximum absolute atomic E-state index is 12.4. The van der Waals surface area contributed by atoms with Crippen LogP contribution in [0, 0.1) is 0 Å². The molecule has 1 aromatic rings. The van der Waals surface area contributed by atoms with Crippen molar-refractivity contribution in [2.45, 2.75) is 19.3 Å². The van der Waals surface area contributed by atoms with Gasteiger partial charge < -0.3 is 15.2 Å². The number of ether oxygens (including phenoxy) is 2. The number of nitrogens with two attached hydrogens (primary N) is 1. The first-order valence-electron chi connectivity index (χ1n) is 4.60. The second kappa shape index (κ2) is 5.34. The first-order chi connectivity index (χ1) is 8.28. The van der Waals surface area contributed by atoms with Crippen LogP contribution < -0.4 is 15.2 Å². The SMILES string of the molecule is COc1nc(C(F)F)cc(OC(F)(F)F)c1CN. The summed E-state index contributed by atoms with van der Waals surface area (Å²) in [6, 6.07) is 0.489. The number of hydrogen-bond donors (Lipinski definition) is 1. The lowest BCUT2D eigenvalue weighted by Crippen LogP contribution is -2.19. The fourth-order valence-electron chi connectivity index (χ4n) is 1.23. The molecule has 1 rings (SSSR count). The van der Waals surface area contributed by atoms with Crippen LogP contribution in [0.1, 0.15) is 17.7 Å². The van der Waals surface area contributed by atoms with Crippen LogP contribution in [0.3, 0.4) is 0 Å². The van der Waals surface area contributed by atoms with E-state index in [1.807, 2.05) is 0 Å². The molecule has 1 heterocycles. The van der Waals surface area contributed by atoms with Crippen LogP contribution in [0.15, 0.2) is 6.07 Å². The van der Waals surface area contributed by atoms with E-state index in [-0.39, 0.29) is 5.56 Å². The minimum Gasteiger partial charge on any atom is -0.481 e. The Hall–Kier alpha value is -1.64. The van der Waals surface area contributed by atoms with E-state index in [0.717, 1.165) is 7.11 Å². The van der Waals surface area contributed by atoms with E-state index in [1.54, 1.807) is 0 Å². The lowest BCUT2D eigenvalue weighted by molar-refractivity contribution is -0.275. The third-order valence-electron chi connectivity index (χ3n) is 1.91. The number of pyridine rings is 1. The molecule has 9 heteroatoms. The first-order valence-corrected chi connectivity index (χ1v) is 4.60. The Kier molecular flexibility index (Phi) is 4.28. The second-order valence-electron chi connectivity index (χ2n) is 3.09. The van der Waals surface area contributed by atoms with Crippen molar-refractivity contribution < 1.29 is 31.4 Å². The lowest BCUT2D eigenvalue weighted by Gasteiger charge is -2.15. The van der Waals surface area contributed by atoms with Gasteiger partial charge in [0, 0.05) is 12.6 Å². The van der Waals surface area contributed by atoms with Crippen molar-refractivity contribution in [3.8, 4) is 11.6 Å². The van der Waals surface area contributed by atoms with Gasteiger partial charge in [0.05, 0.1) is 12.7 Å². The highest BCUT2D eigenvalue weighted by atomic mass is 19.4. The third kappa shape index (κ3) is 3.42. The molecule has 0 amide bonds. The predicted octanol–water partition coefficient (Wildman–Crippen LogP) is 2.39. The predicted molar refractivity (Wildman–Crippen MR) is 50.3 cm³/mol. The zero-order chi connectivity index (χ0) is 13.9. The summed E-state index contributed by atoms with van der Waals surface area (Å²) in [6.07, 6.45) is -8.07. The molecule has 0 spiro atoms. The molecule has 4 nitrogen and oxygen atoms in total. The van der Waals surface area contributed by atoms with Gasteiger partial charge >= 0.3 is 6.36 Å². The molecular formula is C9H9F5N2O2. The monoisotopic (exact) mass is 272 g/mol. The fraction of sp³-hybridized carbons (Fsp3) is 0.444. The van der Waals surface area contributed by atoms with Crippen molar-refractivity contribution in [2.75, 3.05) is 7.11 Å². The van der Waals surface area contributed by atoms with E-state index >= 15 is 0 Å². The molecule has 0 aliphatic rings. The number of hydrogen-bond acceptors (Lipinski definition) is 4. The van der Waals surface area contributed by atoms with Gasteiger partial charge in [0.15, 0.2) is 0 Å².